The third-order valence-corrected chi connectivity index (χ3v) is 9.80. The summed E-state index contributed by atoms with van der Waals surface area (Å²) in [6, 6.07) is 0. The van der Waals surface area contributed by atoms with Crippen molar-refractivity contribution in [3.05, 3.63) is 0 Å². The molecule has 0 aromatic heterocycles. The van der Waals surface area contributed by atoms with Gasteiger partial charge in [-0.3, -0.25) is 9.59 Å². The number of hydrogen-bond donors (Lipinski definition) is 4. The summed E-state index contributed by atoms with van der Waals surface area (Å²) >= 11 is 0. The molecule has 1 saturated heterocycles. The van der Waals surface area contributed by atoms with Gasteiger partial charge < -0.3 is 25.2 Å². The third kappa shape index (κ3) is 1.84. The summed E-state index contributed by atoms with van der Waals surface area (Å²) in [5.41, 5.74) is -7.90. The molecule has 5 rings (SSSR count). The van der Waals surface area contributed by atoms with Gasteiger partial charge in [0.1, 0.15) is 23.9 Å². The average molecular weight is 412 g/mol. The molecule has 4 aliphatic carbocycles. The van der Waals surface area contributed by atoms with Crippen molar-refractivity contribution in [3.8, 4) is 0 Å². The largest absolute Gasteiger partial charge is 0.388 e. The van der Waals surface area contributed by atoms with E-state index < -0.39 is 70.2 Å². The van der Waals surface area contributed by atoms with Crippen molar-refractivity contribution >= 4 is 11.6 Å². The van der Waals surface area contributed by atoms with Gasteiger partial charge in [-0.1, -0.05) is 13.8 Å². The second kappa shape index (κ2) is 5.27. The Morgan fingerprint density at radius 2 is 1.79 bits per heavy atom. The Hall–Kier alpha value is -0.930. The van der Waals surface area contributed by atoms with Crippen LogP contribution in [0.5, 0.6) is 0 Å². The number of alkyl halides is 1. The minimum atomic E-state index is -2.81. The van der Waals surface area contributed by atoms with E-state index in [-0.39, 0.29) is 31.5 Å². The first kappa shape index (κ1) is 20.0. The molecule has 0 amide bonds. The fraction of sp³-hybridized carbons (Fsp3) is 0.905. The summed E-state index contributed by atoms with van der Waals surface area (Å²) < 4.78 is 22.9. The van der Waals surface area contributed by atoms with Crippen molar-refractivity contribution in [1.82, 2.24) is 0 Å². The van der Waals surface area contributed by atoms with Crippen molar-refractivity contribution < 1.29 is 39.1 Å². The Kier molecular flexibility index (Phi) is 3.64. The van der Waals surface area contributed by atoms with Gasteiger partial charge in [-0.25, -0.2) is 4.39 Å². The Morgan fingerprint density at radius 3 is 2.45 bits per heavy atom. The van der Waals surface area contributed by atoms with Crippen LogP contribution in [0.15, 0.2) is 0 Å². The van der Waals surface area contributed by atoms with E-state index >= 15 is 4.39 Å². The molecule has 2 unspecified atom stereocenters. The zero-order valence-corrected chi connectivity index (χ0v) is 16.8. The van der Waals surface area contributed by atoms with E-state index in [9.17, 15) is 30.0 Å². The fourth-order valence-corrected chi connectivity index (χ4v) is 8.22. The number of hydrogen-bond acceptors (Lipinski definition) is 7. The highest BCUT2D eigenvalue weighted by Crippen LogP contribution is 2.77. The van der Waals surface area contributed by atoms with E-state index in [1.807, 2.05) is 0 Å². The lowest BCUT2D eigenvalue weighted by Crippen LogP contribution is -2.78. The molecule has 8 atom stereocenters. The molecule has 8 heteroatoms. The van der Waals surface area contributed by atoms with Crippen LogP contribution in [0.3, 0.4) is 0 Å². The Bertz CT molecular complexity index is 815. The molecule has 4 N–H and O–H groups in total. The molecule has 1 spiro atoms. The van der Waals surface area contributed by atoms with Crippen molar-refractivity contribution in [2.24, 2.45) is 22.7 Å². The minimum absolute atomic E-state index is 0.0513. The Balaban J connectivity index is 1.63. The van der Waals surface area contributed by atoms with Crippen LogP contribution in [0.1, 0.15) is 58.8 Å². The second-order valence-electron chi connectivity index (χ2n) is 10.5. The van der Waals surface area contributed by atoms with Crippen LogP contribution in [0.4, 0.5) is 4.39 Å². The van der Waals surface area contributed by atoms with Gasteiger partial charge in [0.2, 0.25) is 0 Å². The standard InChI is InChI=1S/C21H29FO7/c1-16-10-20(27,28)21(22)12(11(16)3-7-18(16,26)14(25)9-23)4-8-19-15(29-19)13(24)5-6-17(19,21)2/h11-12,15,23,26-28H,3-10H2,1-2H3/t11-,12-,15?,16-,17-,18-,19?,21+/m0/s1. The predicted octanol–water partition coefficient (Wildman–Crippen LogP) is 0.405. The van der Waals surface area contributed by atoms with Crippen LogP contribution < -0.4 is 0 Å². The number of epoxide rings is 1. The number of Topliss-reactive ketones (excluding diaryl/α,β-unsaturated/α-hetero) is 2. The molecule has 0 bridgehead atoms. The molecule has 1 heterocycles. The lowest BCUT2D eigenvalue weighted by atomic mass is 9.41. The van der Waals surface area contributed by atoms with Gasteiger partial charge in [0.05, 0.1) is 0 Å². The van der Waals surface area contributed by atoms with E-state index in [0.717, 1.165) is 0 Å². The van der Waals surface area contributed by atoms with Crippen LogP contribution in [0.25, 0.3) is 0 Å². The van der Waals surface area contributed by atoms with Crippen LogP contribution in [-0.4, -0.2) is 67.4 Å². The van der Waals surface area contributed by atoms with Crippen molar-refractivity contribution in [2.75, 3.05) is 6.61 Å². The first-order valence-electron chi connectivity index (χ1n) is 10.6. The molecule has 0 radical (unpaired) electrons. The maximum Gasteiger partial charge on any atom is 0.199 e. The zero-order valence-electron chi connectivity index (χ0n) is 16.8. The number of ether oxygens (including phenoxy) is 1. The van der Waals surface area contributed by atoms with Gasteiger partial charge in [0.25, 0.3) is 0 Å². The van der Waals surface area contributed by atoms with Gasteiger partial charge >= 0.3 is 0 Å². The minimum Gasteiger partial charge on any atom is -0.388 e. The summed E-state index contributed by atoms with van der Waals surface area (Å²) in [6.45, 7) is 2.41. The summed E-state index contributed by atoms with van der Waals surface area (Å²) in [5.74, 6) is -4.89. The van der Waals surface area contributed by atoms with E-state index in [2.05, 4.69) is 0 Å². The number of rotatable bonds is 2. The summed E-state index contributed by atoms with van der Waals surface area (Å²) in [6.07, 6.45) is 0.217. The second-order valence-corrected chi connectivity index (χ2v) is 10.5. The molecular weight excluding hydrogens is 383 g/mol. The molecule has 0 aromatic carbocycles. The van der Waals surface area contributed by atoms with E-state index in [0.29, 0.717) is 12.8 Å². The third-order valence-electron chi connectivity index (χ3n) is 9.80. The normalized spacial score (nSPS) is 57.3. The first-order valence-corrected chi connectivity index (χ1v) is 10.6. The topological polar surface area (TPSA) is 128 Å². The molecule has 5 aliphatic rings. The van der Waals surface area contributed by atoms with Crippen LogP contribution in [0, 0.1) is 22.7 Å². The van der Waals surface area contributed by atoms with E-state index in [1.54, 1.807) is 13.8 Å². The maximum absolute atomic E-state index is 17.2. The molecule has 162 valence electrons. The summed E-state index contributed by atoms with van der Waals surface area (Å²) in [7, 11) is 0. The first-order chi connectivity index (χ1) is 13.3. The van der Waals surface area contributed by atoms with Gasteiger partial charge in [-0.05, 0) is 38.0 Å². The highest BCUT2D eigenvalue weighted by Gasteiger charge is 2.87. The SMILES string of the molecule is C[C@]12CC(O)(O)[C@@]3(F)[C@@H](CCC45OC4C(=O)CC[C@@]53C)[C@@H]1CC[C@]2(O)C(=O)CO. The quantitative estimate of drug-likeness (QED) is 0.382. The molecule has 0 aromatic rings. The number of aliphatic hydroxyl groups excluding tert-OH is 1. The summed E-state index contributed by atoms with van der Waals surface area (Å²) in [4.78, 5) is 24.6. The van der Waals surface area contributed by atoms with Crippen LogP contribution >= 0.6 is 0 Å². The Morgan fingerprint density at radius 1 is 1.14 bits per heavy atom. The van der Waals surface area contributed by atoms with E-state index in [4.69, 9.17) is 4.74 Å². The van der Waals surface area contributed by atoms with E-state index in [1.165, 1.54) is 0 Å². The monoisotopic (exact) mass is 412 g/mol. The average Bonchev–Trinajstić information content (AvgIpc) is 3.34. The lowest BCUT2D eigenvalue weighted by Gasteiger charge is -2.66. The van der Waals surface area contributed by atoms with Crippen LogP contribution in [0.2, 0.25) is 0 Å². The van der Waals surface area contributed by atoms with Crippen molar-refractivity contribution in [3.63, 3.8) is 0 Å². The number of fused-ring (bicyclic) bond motifs is 4. The maximum atomic E-state index is 17.2. The molecule has 4 saturated carbocycles. The number of ketones is 2. The number of halogens is 1. The molecule has 5 fully saturated rings. The number of carbonyl (C=O) groups excluding carboxylic acids is 2. The van der Waals surface area contributed by atoms with Crippen molar-refractivity contribution in [2.45, 2.75) is 87.6 Å². The Labute approximate surface area is 168 Å². The molecule has 1 aliphatic heterocycles. The highest BCUT2D eigenvalue weighted by molar-refractivity contribution is 5.90. The van der Waals surface area contributed by atoms with Gasteiger partial charge in [-0.15, -0.1) is 0 Å². The van der Waals surface area contributed by atoms with Crippen molar-refractivity contribution in [1.29, 1.82) is 0 Å². The molecule has 7 nitrogen and oxygen atoms in total. The predicted molar refractivity (Wildman–Crippen MR) is 96.2 cm³/mol. The highest BCUT2D eigenvalue weighted by atomic mass is 19.1. The van der Waals surface area contributed by atoms with Gasteiger partial charge in [-0.2, -0.15) is 0 Å². The summed E-state index contributed by atoms with van der Waals surface area (Å²) in [5, 5.41) is 42.9. The fourth-order valence-electron chi connectivity index (χ4n) is 8.22. The van der Waals surface area contributed by atoms with Gasteiger partial charge in [0, 0.05) is 29.6 Å². The number of aliphatic hydroxyl groups is 4. The lowest BCUT2D eigenvalue weighted by molar-refractivity contribution is -0.368. The molecular formula is C21H29FO7. The van der Waals surface area contributed by atoms with Gasteiger partial charge in [0.15, 0.2) is 23.0 Å². The molecule has 29 heavy (non-hydrogen) atoms. The smallest absolute Gasteiger partial charge is 0.199 e. The van der Waals surface area contributed by atoms with Crippen LogP contribution in [-0.2, 0) is 14.3 Å². The number of carbonyl (C=O) groups is 2. The zero-order chi connectivity index (χ0) is 21.3.